The molecule has 0 aliphatic carbocycles. The molecule has 88 valence electrons. The van der Waals surface area contributed by atoms with Gasteiger partial charge in [-0.15, -0.1) is 5.10 Å². The van der Waals surface area contributed by atoms with Gasteiger partial charge in [0, 0.05) is 12.6 Å². The molecule has 0 atom stereocenters. The summed E-state index contributed by atoms with van der Waals surface area (Å²) in [6.45, 7) is 6.42. The Hall–Kier alpha value is -1.23. The molecule has 0 saturated carbocycles. The summed E-state index contributed by atoms with van der Waals surface area (Å²) in [6.07, 6.45) is 2.60. The molecule has 0 unspecified atom stereocenters. The van der Waals surface area contributed by atoms with Crippen LogP contribution in [0.3, 0.4) is 0 Å². The second kappa shape index (κ2) is 4.74. The van der Waals surface area contributed by atoms with Crippen LogP contribution in [0.4, 0.5) is 5.82 Å². The lowest BCUT2D eigenvalue weighted by Gasteiger charge is -2.36. The lowest BCUT2D eigenvalue weighted by molar-refractivity contribution is 0.465. The van der Waals surface area contributed by atoms with E-state index in [2.05, 4.69) is 35.9 Å². The van der Waals surface area contributed by atoms with Crippen LogP contribution in [0, 0.1) is 0 Å². The van der Waals surface area contributed by atoms with Gasteiger partial charge < -0.3 is 10.6 Å². The van der Waals surface area contributed by atoms with Gasteiger partial charge in [0.1, 0.15) is 4.99 Å². The maximum absolute atomic E-state index is 5.67. The lowest BCUT2D eigenvalue weighted by Crippen LogP contribution is -2.42. The first-order valence-electron chi connectivity index (χ1n) is 5.25. The first kappa shape index (κ1) is 12.8. The summed E-state index contributed by atoms with van der Waals surface area (Å²) in [6, 6.07) is 1.80. The molecule has 16 heavy (non-hydrogen) atoms. The zero-order valence-electron chi connectivity index (χ0n) is 10.2. The van der Waals surface area contributed by atoms with Crippen molar-refractivity contribution in [2.24, 2.45) is 5.73 Å². The number of aromatic nitrogens is 2. The van der Waals surface area contributed by atoms with Gasteiger partial charge in [-0.3, -0.25) is 0 Å². The van der Waals surface area contributed by atoms with Crippen molar-refractivity contribution >= 4 is 23.0 Å². The fraction of sp³-hybridized carbons (Fsp3) is 0.545. The van der Waals surface area contributed by atoms with E-state index in [1.54, 1.807) is 12.3 Å². The van der Waals surface area contributed by atoms with Crippen molar-refractivity contribution in [2.45, 2.75) is 32.7 Å². The molecule has 0 aromatic carbocycles. The van der Waals surface area contributed by atoms with Gasteiger partial charge in [-0.2, -0.15) is 5.10 Å². The van der Waals surface area contributed by atoms with Crippen molar-refractivity contribution in [3.63, 3.8) is 0 Å². The summed E-state index contributed by atoms with van der Waals surface area (Å²) >= 11 is 5.01. The van der Waals surface area contributed by atoms with Crippen molar-refractivity contribution in [1.82, 2.24) is 10.2 Å². The van der Waals surface area contributed by atoms with E-state index < -0.39 is 0 Å². The van der Waals surface area contributed by atoms with Crippen LogP contribution in [-0.2, 0) is 0 Å². The van der Waals surface area contributed by atoms with E-state index in [1.807, 2.05) is 7.05 Å². The zero-order chi connectivity index (χ0) is 12.3. The molecule has 1 heterocycles. The predicted molar refractivity (Wildman–Crippen MR) is 70.7 cm³/mol. The number of nitrogens with zero attached hydrogens (tertiary/aromatic N) is 3. The molecule has 0 radical (unpaired) electrons. The van der Waals surface area contributed by atoms with Crippen molar-refractivity contribution in [1.29, 1.82) is 0 Å². The second-order valence-electron chi connectivity index (χ2n) is 4.36. The van der Waals surface area contributed by atoms with Crippen molar-refractivity contribution < 1.29 is 0 Å². The maximum atomic E-state index is 5.67. The fourth-order valence-electron chi connectivity index (χ4n) is 1.29. The number of hydrogen-bond acceptors (Lipinski definition) is 4. The Morgan fingerprint density at radius 3 is 2.69 bits per heavy atom. The van der Waals surface area contributed by atoms with Gasteiger partial charge in [0.25, 0.3) is 0 Å². The van der Waals surface area contributed by atoms with Crippen LogP contribution >= 0.6 is 12.2 Å². The summed E-state index contributed by atoms with van der Waals surface area (Å²) in [5, 5.41) is 8.01. The minimum absolute atomic E-state index is 0.00440. The highest BCUT2D eigenvalue weighted by Crippen LogP contribution is 2.25. The van der Waals surface area contributed by atoms with Gasteiger partial charge in [-0.25, -0.2) is 0 Å². The maximum Gasteiger partial charge on any atom is 0.161 e. The summed E-state index contributed by atoms with van der Waals surface area (Å²) in [4.78, 5) is 2.41. The fourth-order valence-corrected chi connectivity index (χ4v) is 1.45. The first-order valence-corrected chi connectivity index (χ1v) is 5.66. The number of nitrogens with two attached hydrogens (primary N) is 1. The molecule has 0 aliphatic heterocycles. The van der Waals surface area contributed by atoms with Crippen LogP contribution in [0.15, 0.2) is 12.3 Å². The van der Waals surface area contributed by atoms with E-state index in [9.17, 15) is 0 Å². The number of thiocarbonyl (C=S) groups is 1. The number of hydrogen-bond donors (Lipinski definition) is 1. The van der Waals surface area contributed by atoms with Gasteiger partial charge in [-0.1, -0.05) is 19.1 Å². The Bertz CT molecular complexity index is 389. The standard InChI is InChI=1S/C11H18N4S/c1-5-11(2,3)15(4)10-8(9(12)16)6-7-13-14-10/h6-7H,5H2,1-4H3,(H2,12,16). The zero-order valence-corrected chi connectivity index (χ0v) is 11.0. The van der Waals surface area contributed by atoms with Gasteiger partial charge in [0.15, 0.2) is 5.82 Å². The molecule has 0 aliphatic rings. The molecule has 0 spiro atoms. The number of rotatable bonds is 4. The van der Waals surface area contributed by atoms with Gasteiger partial charge >= 0.3 is 0 Å². The minimum atomic E-state index is -0.00440. The third-order valence-corrected chi connectivity index (χ3v) is 3.28. The van der Waals surface area contributed by atoms with Crippen LogP contribution in [0.5, 0.6) is 0 Å². The van der Waals surface area contributed by atoms with E-state index in [0.717, 1.165) is 17.8 Å². The summed E-state index contributed by atoms with van der Waals surface area (Å²) in [5.41, 5.74) is 6.44. The minimum Gasteiger partial charge on any atom is -0.389 e. The van der Waals surface area contributed by atoms with Crippen molar-refractivity contribution in [3.05, 3.63) is 17.8 Å². The molecule has 5 heteroatoms. The molecule has 0 fully saturated rings. The van der Waals surface area contributed by atoms with E-state index in [-0.39, 0.29) is 5.54 Å². The average Bonchev–Trinajstić information content (AvgIpc) is 2.28. The molecule has 4 nitrogen and oxygen atoms in total. The van der Waals surface area contributed by atoms with Gasteiger partial charge in [0.05, 0.1) is 11.8 Å². The van der Waals surface area contributed by atoms with E-state index >= 15 is 0 Å². The molecule has 1 rings (SSSR count). The molecule has 0 amide bonds. The van der Waals surface area contributed by atoms with E-state index in [4.69, 9.17) is 18.0 Å². The highest BCUT2D eigenvalue weighted by Gasteiger charge is 2.25. The molecule has 0 saturated heterocycles. The predicted octanol–water partition coefficient (Wildman–Crippen LogP) is 1.74. The number of anilines is 1. The third-order valence-electron chi connectivity index (χ3n) is 3.06. The van der Waals surface area contributed by atoms with Gasteiger partial charge in [0.2, 0.25) is 0 Å². The Labute approximate surface area is 102 Å². The molecule has 1 aromatic heterocycles. The van der Waals surface area contributed by atoms with E-state index in [1.165, 1.54) is 0 Å². The largest absolute Gasteiger partial charge is 0.389 e. The van der Waals surface area contributed by atoms with Crippen LogP contribution < -0.4 is 10.6 Å². The van der Waals surface area contributed by atoms with Crippen LogP contribution in [0.25, 0.3) is 0 Å². The highest BCUT2D eigenvalue weighted by molar-refractivity contribution is 7.80. The average molecular weight is 238 g/mol. The Morgan fingerprint density at radius 1 is 1.56 bits per heavy atom. The summed E-state index contributed by atoms with van der Waals surface area (Å²) in [7, 11) is 1.98. The topological polar surface area (TPSA) is 55.0 Å². The monoisotopic (exact) mass is 238 g/mol. The Kier molecular flexibility index (Phi) is 3.80. The molecular weight excluding hydrogens is 220 g/mol. The van der Waals surface area contributed by atoms with E-state index in [0.29, 0.717) is 4.99 Å². The quantitative estimate of drug-likeness (QED) is 0.810. The highest BCUT2D eigenvalue weighted by atomic mass is 32.1. The van der Waals surface area contributed by atoms with Gasteiger partial charge in [-0.05, 0) is 26.3 Å². The first-order chi connectivity index (χ1) is 7.40. The third kappa shape index (κ3) is 2.47. The smallest absolute Gasteiger partial charge is 0.161 e. The normalized spacial score (nSPS) is 11.2. The van der Waals surface area contributed by atoms with Crippen LogP contribution in [0.1, 0.15) is 32.8 Å². The second-order valence-corrected chi connectivity index (χ2v) is 4.80. The van der Waals surface area contributed by atoms with Crippen LogP contribution in [-0.4, -0.2) is 27.8 Å². The van der Waals surface area contributed by atoms with Crippen molar-refractivity contribution in [3.8, 4) is 0 Å². The summed E-state index contributed by atoms with van der Waals surface area (Å²) < 4.78 is 0. The lowest BCUT2D eigenvalue weighted by atomic mass is 9.99. The molecule has 0 bridgehead atoms. The molecule has 2 N–H and O–H groups in total. The Morgan fingerprint density at radius 2 is 2.19 bits per heavy atom. The SMILES string of the molecule is CCC(C)(C)N(C)c1nnccc1C(N)=S. The van der Waals surface area contributed by atoms with Crippen LogP contribution in [0.2, 0.25) is 0 Å². The van der Waals surface area contributed by atoms with Crippen molar-refractivity contribution in [2.75, 3.05) is 11.9 Å². The molecular formula is C11H18N4S. The summed E-state index contributed by atoms with van der Waals surface area (Å²) in [5.74, 6) is 0.738. The Balaban J connectivity index is 3.18. The molecule has 1 aromatic rings.